The molecular formula is C26H28N2O. The van der Waals surface area contributed by atoms with Gasteiger partial charge in [-0.2, -0.15) is 0 Å². The van der Waals surface area contributed by atoms with E-state index in [4.69, 9.17) is 5.73 Å². The summed E-state index contributed by atoms with van der Waals surface area (Å²) in [6.07, 6.45) is 0.818. The van der Waals surface area contributed by atoms with E-state index >= 15 is 0 Å². The Kier molecular flexibility index (Phi) is 4.49. The number of carbonyl (C=O) groups is 1. The standard InChI is InChI=1S/C26H28N2O/c1-18-10-12-19(13-11-18)24(29)28-23-16-21(27)14-15-22(23)26(4,17-25(28,2)3)20-8-6-5-7-9-20/h5-16H,17,27H2,1-4H3/t26-/m1/s1. The molecule has 0 aromatic heterocycles. The van der Waals surface area contributed by atoms with E-state index in [0.29, 0.717) is 11.3 Å². The van der Waals surface area contributed by atoms with E-state index in [2.05, 4.69) is 51.1 Å². The Balaban J connectivity index is 1.91. The lowest BCUT2D eigenvalue weighted by molar-refractivity contribution is 0.0949. The van der Waals surface area contributed by atoms with Crippen LogP contribution in [-0.4, -0.2) is 11.4 Å². The molecule has 0 saturated heterocycles. The van der Waals surface area contributed by atoms with Gasteiger partial charge in [0.1, 0.15) is 0 Å². The first kappa shape index (κ1) is 19.3. The van der Waals surface area contributed by atoms with Crippen LogP contribution in [0, 0.1) is 6.92 Å². The van der Waals surface area contributed by atoms with Crippen LogP contribution >= 0.6 is 0 Å². The van der Waals surface area contributed by atoms with Crippen LogP contribution in [0.1, 0.15) is 54.2 Å². The summed E-state index contributed by atoms with van der Waals surface area (Å²) in [5.41, 5.74) is 11.4. The molecule has 3 heteroatoms. The van der Waals surface area contributed by atoms with Gasteiger partial charge in [0.15, 0.2) is 0 Å². The fourth-order valence-corrected chi connectivity index (χ4v) is 4.84. The Labute approximate surface area is 173 Å². The zero-order valence-corrected chi connectivity index (χ0v) is 17.6. The quantitative estimate of drug-likeness (QED) is 0.575. The van der Waals surface area contributed by atoms with Crippen LogP contribution in [-0.2, 0) is 5.41 Å². The van der Waals surface area contributed by atoms with Crippen molar-refractivity contribution in [3.8, 4) is 0 Å². The molecule has 3 aromatic rings. The first-order valence-electron chi connectivity index (χ1n) is 10.1. The highest BCUT2D eigenvalue weighted by Crippen LogP contribution is 2.51. The summed E-state index contributed by atoms with van der Waals surface area (Å²) < 4.78 is 0. The van der Waals surface area contributed by atoms with Crippen molar-refractivity contribution in [3.63, 3.8) is 0 Å². The predicted molar refractivity (Wildman–Crippen MR) is 120 cm³/mol. The molecule has 0 spiro atoms. The van der Waals surface area contributed by atoms with Crippen molar-refractivity contribution >= 4 is 17.3 Å². The fourth-order valence-electron chi connectivity index (χ4n) is 4.84. The summed E-state index contributed by atoms with van der Waals surface area (Å²) in [6, 6.07) is 24.3. The molecule has 4 rings (SSSR count). The third kappa shape index (κ3) is 3.21. The Morgan fingerprint density at radius 1 is 0.931 bits per heavy atom. The molecule has 1 aliphatic heterocycles. The number of amides is 1. The molecule has 1 heterocycles. The van der Waals surface area contributed by atoms with Crippen molar-refractivity contribution in [2.45, 2.75) is 45.1 Å². The Morgan fingerprint density at radius 2 is 1.59 bits per heavy atom. The molecule has 1 amide bonds. The number of nitrogen functional groups attached to an aromatic ring is 1. The second-order valence-corrected chi connectivity index (χ2v) is 8.97. The molecule has 3 aromatic carbocycles. The van der Waals surface area contributed by atoms with Crippen LogP contribution in [0.15, 0.2) is 72.8 Å². The molecule has 0 aliphatic carbocycles. The van der Waals surface area contributed by atoms with Crippen molar-refractivity contribution in [1.29, 1.82) is 0 Å². The molecule has 148 valence electrons. The number of aryl methyl sites for hydroxylation is 1. The highest BCUT2D eigenvalue weighted by Gasteiger charge is 2.47. The van der Waals surface area contributed by atoms with Gasteiger partial charge in [0, 0.05) is 22.2 Å². The van der Waals surface area contributed by atoms with E-state index in [1.165, 1.54) is 5.56 Å². The lowest BCUT2D eigenvalue weighted by Crippen LogP contribution is -2.55. The van der Waals surface area contributed by atoms with E-state index in [-0.39, 0.29) is 16.9 Å². The van der Waals surface area contributed by atoms with Gasteiger partial charge in [-0.1, -0.05) is 61.0 Å². The first-order valence-corrected chi connectivity index (χ1v) is 10.1. The number of nitrogens with two attached hydrogens (primary N) is 1. The predicted octanol–water partition coefficient (Wildman–Crippen LogP) is 5.71. The zero-order valence-electron chi connectivity index (χ0n) is 17.6. The summed E-state index contributed by atoms with van der Waals surface area (Å²) in [7, 11) is 0. The molecule has 0 saturated carbocycles. The van der Waals surface area contributed by atoms with Crippen molar-refractivity contribution < 1.29 is 4.79 Å². The maximum atomic E-state index is 13.6. The van der Waals surface area contributed by atoms with Crippen molar-refractivity contribution in [2.24, 2.45) is 0 Å². The number of hydrogen-bond donors (Lipinski definition) is 1. The maximum absolute atomic E-state index is 13.6. The fraction of sp³-hybridized carbons (Fsp3) is 0.269. The SMILES string of the molecule is Cc1ccc(C(=O)N2c3cc(N)ccc3[C@@](C)(c3ccccc3)CC2(C)C)cc1. The van der Waals surface area contributed by atoms with Crippen molar-refractivity contribution in [1.82, 2.24) is 0 Å². The molecular weight excluding hydrogens is 356 g/mol. The lowest BCUT2D eigenvalue weighted by atomic mass is 9.65. The number of fused-ring (bicyclic) bond motifs is 1. The maximum Gasteiger partial charge on any atom is 0.258 e. The average Bonchev–Trinajstić information content (AvgIpc) is 2.68. The first-order chi connectivity index (χ1) is 13.7. The molecule has 1 atom stereocenters. The Bertz CT molecular complexity index is 1050. The summed E-state index contributed by atoms with van der Waals surface area (Å²) in [6.45, 7) is 8.59. The van der Waals surface area contributed by atoms with Gasteiger partial charge in [0.2, 0.25) is 0 Å². The number of anilines is 2. The van der Waals surface area contributed by atoms with E-state index in [1.54, 1.807) is 0 Å². The summed E-state index contributed by atoms with van der Waals surface area (Å²) >= 11 is 0. The van der Waals surface area contributed by atoms with Gasteiger partial charge in [0.25, 0.3) is 5.91 Å². The summed E-state index contributed by atoms with van der Waals surface area (Å²) in [4.78, 5) is 15.6. The number of rotatable bonds is 2. The van der Waals surface area contributed by atoms with Crippen LogP contribution in [0.5, 0.6) is 0 Å². The topological polar surface area (TPSA) is 46.3 Å². The third-order valence-corrected chi connectivity index (χ3v) is 6.16. The minimum absolute atomic E-state index is 0.0111. The molecule has 0 bridgehead atoms. The van der Waals surface area contributed by atoms with Crippen molar-refractivity contribution in [2.75, 3.05) is 10.6 Å². The van der Waals surface area contributed by atoms with E-state index < -0.39 is 0 Å². The van der Waals surface area contributed by atoms with Gasteiger partial charge in [-0.3, -0.25) is 4.79 Å². The van der Waals surface area contributed by atoms with E-state index in [1.807, 2.05) is 54.3 Å². The molecule has 3 nitrogen and oxygen atoms in total. The Morgan fingerprint density at radius 3 is 2.24 bits per heavy atom. The average molecular weight is 385 g/mol. The molecule has 0 fully saturated rings. The van der Waals surface area contributed by atoms with Gasteiger partial charge in [-0.05, 0) is 62.6 Å². The number of nitrogens with zero attached hydrogens (tertiary/aromatic N) is 1. The smallest absolute Gasteiger partial charge is 0.258 e. The number of carbonyl (C=O) groups excluding carboxylic acids is 1. The Hall–Kier alpha value is -3.07. The monoisotopic (exact) mass is 384 g/mol. The molecule has 2 N–H and O–H groups in total. The second kappa shape index (κ2) is 6.77. The highest BCUT2D eigenvalue weighted by atomic mass is 16.2. The van der Waals surface area contributed by atoms with Crippen LogP contribution in [0.3, 0.4) is 0 Å². The molecule has 0 radical (unpaired) electrons. The van der Waals surface area contributed by atoms with E-state index in [0.717, 1.165) is 23.2 Å². The van der Waals surface area contributed by atoms with Gasteiger partial charge < -0.3 is 10.6 Å². The minimum atomic E-state index is -0.382. The molecule has 29 heavy (non-hydrogen) atoms. The van der Waals surface area contributed by atoms with Crippen LogP contribution in [0.4, 0.5) is 11.4 Å². The lowest BCUT2D eigenvalue weighted by Gasteiger charge is -2.51. The van der Waals surface area contributed by atoms with Gasteiger partial charge in [-0.25, -0.2) is 0 Å². The molecule has 0 unspecified atom stereocenters. The third-order valence-electron chi connectivity index (χ3n) is 6.16. The van der Waals surface area contributed by atoms with E-state index in [9.17, 15) is 4.79 Å². The number of benzene rings is 3. The largest absolute Gasteiger partial charge is 0.399 e. The van der Waals surface area contributed by atoms with Crippen LogP contribution in [0.2, 0.25) is 0 Å². The summed E-state index contributed by atoms with van der Waals surface area (Å²) in [5, 5.41) is 0. The number of hydrogen-bond acceptors (Lipinski definition) is 2. The van der Waals surface area contributed by atoms with Gasteiger partial charge >= 0.3 is 0 Å². The zero-order chi connectivity index (χ0) is 20.8. The van der Waals surface area contributed by atoms with Crippen molar-refractivity contribution in [3.05, 3.63) is 95.1 Å². The molecule has 1 aliphatic rings. The summed E-state index contributed by atoms with van der Waals surface area (Å²) in [5.74, 6) is 0.0111. The van der Waals surface area contributed by atoms with Crippen LogP contribution in [0.25, 0.3) is 0 Å². The van der Waals surface area contributed by atoms with Gasteiger partial charge in [0.05, 0.1) is 5.69 Å². The van der Waals surface area contributed by atoms with Crippen LogP contribution < -0.4 is 10.6 Å². The normalized spacial score (nSPS) is 20.2. The van der Waals surface area contributed by atoms with Gasteiger partial charge in [-0.15, -0.1) is 0 Å². The highest BCUT2D eigenvalue weighted by molar-refractivity contribution is 6.08. The second-order valence-electron chi connectivity index (χ2n) is 8.97. The minimum Gasteiger partial charge on any atom is -0.399 e.